The summed E-state index contributed by atoms with van der Waals surface area (Å²) in [4.78, 5) is 10.2. The van der Waals surface area contributed by atoms with E-state index in [-0.39, 0.29) is 12.1 Å². The lowest BCUT2D eigenvalue weighted by Crippen LogP contribution is -2.28. The Balaban J connectivity index is 3.32. The van der Waals surface area contributed by atoms with Crippen molar-refractivity contribution in [1.29, 1.82) is 0 Å². The van der Waals surface area contributed by atoms with Crippen LogP contribution in [-0.2, 0) is 10.7 Å². The molecule has 0 aliphatic carbocycles. The van der Waals surface area contributed by atoms with Gasteiger partial charge < -0.3 is 9.84 Å². The molecule has 0 aromatic heterocycles. The van der Waals surface area contributed by atoms with E-state index < -0.39 is 35.4 Å². The number of alkyl halides is 5. The van der Waals surface area contributed by atoms with Gasteiger partial charge in [-0.1, -0.05) is 0 Å². The van der Waals surface area contributed by atoms with Crippen molar-refractivity contribution in [3.63, 3.8) is 0 Å². The molecule has 100 valence electrons. The Morgan fingerprint density at radius 2 is 1.72 bits per heavy atom. The summed E-state index contributed by atoms with van der Waals surface area (Å²) in [7, 11) is 0. The van der Waals surface area contributed by atoms with Crippen molar-refractivity contribution in [3.8, 4) is 5.75 Å². The van der Waals surface area contributed by atoms with Crippen LogP contribution in [0.15, 0.2) is 18.2 Å². The van der Waals surface area contributed by atoms with Crippen molar-refractivity contribution >= 4 is 5.97 Å². The van der Waals surface area contributed by atoms with Gasteiger partial charge >= 0.3 is 18.3 Å². The van der Waals surface area contributed by atoms with Gasteiger partial charge in [-0.25, -0.2) is 9.18 Å². The molecular formula is C9H4F6O3. The van der Waals surface area contributed by atoms with Gasteiger partial charge in [0.1, 0.15) is 11.6 Å². The molecule has 1 aromatic carbocycles. The summed E-state index contributed by atoms with van der Waals surface area (Å²) >= 11 is 0. The third-order valence-electron chi connectivity index (χ3n) is 1.78. The maximum absolute atomic E-state index is 13.1. The largest absolute Gasteiger partial charge is 0.573 e. The molecule has 0 atom stereocenters. The zero-order valence-corrected chi connectivity index (χ0v) is 8.26. The molecule has 9 heteroatoms. The van der Waals surface area contributed by atoms with Crippen molar-refractivity contribution in [1.82, 2.24) is 0 Å². The number of carboxylic acids is 1. The van der Waals surface area contributed by atoms with Crippen LogP contribution in [0, 0.1) is 5.82 Å². The van der Waals surface area contributed by atoms with Crippen molar-refractivity contribution in [2.24, 2.45) is 0 Å². The summed E-state index contributed by atoms with van der Waals surface area (Å²) in [6.45, 7) is 0. The predicted molar refractivity (Wildman–Crippen MR) is 44.6 cm³/mol. The number of aliphatic carboxylic acids is 1. The van der Waals surface area contributed by atoms with E-state index in [0.29, 0.717) is 6.07 Å². The van der Waals surface area contributed by atoms with E-state index in [1.165, 1.54) is 0 Å². The van der Waals surface area contributed by atoms with E-state index in [1.54, 1.807) is 0 Å². The summed E-state index contributed by atoms with van der Waals surface area (Å²) in [6.07, 6.45) is -5.35. The quantitative estimate of drug-likeness (QED) is 0.862. The molecule has 0 bridgehead atoms. The standard InChI is InChI=1S/C9H4F6O3/c10-4-1-2-5(8(11,12)7(16)17)6(3-4)18-9(13,14)15/h1-3H,(H,16,17). The van der Waals surface area contributed by atoms with E-state index in [4.69, 9.17) is 5.11 Å². The number of hydrogen-bond acceptors (Lipinski definition) is 2. The lowest BCUT2D eigenvalue weighted by Gasteiger charge is -2.17. The normalized spacial score (nSPS) is 12.3. The Bertz CT molecular complexity index is 468. The molecule has 0 aliphatic rings. The van der Waals surface area contributed by atoms with Gasteiger partial charge in [0.15, 0.2) is 0 Å². The fourth-order valence-electron chi connectivity index (χ4n) is 1.08. The van der Waals surface area contributed by atoms with E-state index in [0.717, 1.165) is 0 Å². The third-order valence-corrected chi connectivity index (χ3v) is 1.78. The molecule has 1 rings (SSSR count). The number of halogens is 6. The fourth-order valence-corrected chi connectivity index (χ4v) is 1.08. The monoisotopic (exact) mass is 274 g/mol. The van der Waals surface area contributed by atoms with Crippen LogP contribution in [0.2, 0.25) is 0 Å². The van der Waals surface area contributed by atoms with Crippen LogP contribution in [0.5, 0.6) is 5.75 Å². The molecule has 1 aromatic rings. The lowest BCUT2D eigenvalue weighted by atomic mass is 10.1. The van der Waals surface area contributed by atoms with Crippen LogP contribution in [0.4, 0.5) is 26.3 Å². The molecule has 18 heavy (non-hydrogen) atoms. The molecule has 0 saturated carbocycles. The highest BCUT2D eigenvalue weighted by molar-refractivity contribution is 5.78. The van der Waals surface area contributed by atoms with Gasteiger partial charge in [0, 0.05) is 6.07 Å². The van der Waals surface area contributed by atoms with E-state index in [9.17, 15) is 31.1 Å². The summed E-state index contributed by atoms with van der Waals surface area (Å²) in [5.74, 6) is -10.2. The van der Waals surface area contributed by atoms with Gasteiger partial charge in [-0.05, 0) is 12.1 Å². The zero-order chi connectivity index (χ0) is 14.1. The van der Waals surface area contributed by atoms with Gasteiger partial charge in [0.2, 0.25) is 0 Å². The van der Waals surface area contributed by atoms with Gasteiger partial charge in [-0.15, -0.1) is 13.2 Å². The zero-order valence-electron chi connectivity index (χ0n) is 8.26. The van der Waals surface area contributed by atoms with Crippen molar-refractivity contribution in [2.75, 3.05) is 0 Å². The number of carboxylic acid groups (broad SMARTS) is 1. The van der Waals surface area contributed by atoms with Gasteiger partial charge in [-0.3, -0.25) is 0 Å². The fraction of sp³-hybridized carbons (Fsp3) is 0.222. The maximum atomic E-state index is 13.1. The smallest absolute Gasteiger partial charge is 0.477 e. The van der Waals surface area contributed by atoms with Crippen LogP contribution in [-0.4, -0.2) is 17.4 Å². The third kappa shape index (κ3) is 3.05. The van der Waals surface area contributed by atoms with Crippen molar-refractivity contribution in [2.45, 2.75) is 12.3 Å². The number of hydrogen-bond donors (Lipinski definition) is 1. The molecule has 0 unspecified atom stereocenters. The van der Waals surface area contributed by atoms with Crippen LogP contribution in [0.25, 0.3) is 0 Å². The first-order chi connectivity index (χ1) is 8.04. The van der Waals surface area contributed by atoms with Crippen LogP contribution in [0.1, 0.15) is 5.56 Å². The Hall–Kier alpha value is -1.93. The molecule has 0 aliphatic heterocycles. The highest BCUT2D eigenvalue weighted by Crippen LogP contribution is 2.37. The second-order valence-corrected chi connectivity index (χ2v) is 3.07. The molecule has 0 saturated heterocycles. The van der Waals surface area contributed by atoms with Crippen LogP contribution >= 0.6 is 0 Å². The summed E-state index contributed by atoms with van der Waals surface area (Å²) < 4.78 is 77.7. The first-order valence-electron chi connectivity index (χ1n) is 4.21. The van der Waals surface area contributed by atoms with Crippen molar-refractivity contribution < 1.29 is 41.0 Å². The minimum absolute atomic E-state index is 0.0275. The van der Waals surface area contributed by atoms with Gasteiger partial charge in [-0.2, -0.15) is 8.78 Å². The van der Waals surface area contributed by atoms with Gasteiger partial charge in [0.25, 0.3) is 0 Å². The lowest BCUT2D eigenvalue weighted by molar-refractivity contribution is -0.275. The molecule has 0 heterocycles. The number of carbonyl (C=O) groups is 1. The molecule has 1 N–H and O–H groups in total. The second kappa shape index (κ2) is 4.39. The molecule has 0 spiro atoms. The first-order valence-corrected chi connectivity index (χ1v) is 4.21. The highest BCUT2D eigenvalue weighted by Gasteiger charge is 2.45. The number of rotatable bonds is 3. The Morgan fingerprint density at radius 1 is 1.17 bits per heavy atom. The molecule has 0 radical (unpaired) electrons. The number of ether oxygens (including phenoxy) is 1. The predicted octanol–water partition coefficient (Wildman–Crippen LogP) is 2.90. The first kappa shape index (κ1) is 14.1. The highest BCUT2D eigenvalue weighted by atomic mass is 19.4. The molecule has 0 amide bonds. The van der Waals surface area contributed by atoms with Crippen LogP contribution in [0.3, 0.4) is 0 Å². The molecule has 0 fully saturated rings. The average Bonchev–Trinajstić information content (AvgIpc) is 2.13. The minimum Gasteiger partial charge on any atom is -0.477 e. The van der Waals surface area contributed by atoms with Gasteiger partial charge in [0.05, 0.1) is 5.56 Å². The Labute approximate surface area is 95.6 Å². The Kier molecular flexibility index (Phi) is 3.45. The van der Waals surface area contributed by atoms with E-state index in [1.807, 2.05) is 0 Å². The van der Waals surface area contributed by atoms with E-state index >= 15 is 0 Å². The molecule has 3 nitrogen and oxygen atoms in total. The van der Waals surface area contributed by atoms with Crippen molar-refractivity contribution in [3.05, 3.63) is 29.6 Å². The van der Waals surface area contributed by atoms with E-state index in [2.05, 4.69) is 4.74 Å². The average molecular weight is 274 g/mol. The summed E-state index contributed by atoms with van der Waals surface area (Å²) in [5, 5.41) is 8.21. The summed E-state index contributed by atoms with van der Waals surface area (Å²) in [6, 6.07) is 0.639. The topological polar surface area (TPSA) is 46.5 Å². The maximum Gasteiger partial charge on any atom is 0.573 e. The van der Waals surface area contributed by atoms with Crippen LogP contribution < -0.4 is 4.74 Å². The number of benzene rings is 1. The summed E-state index contributed by atoms with van der Waals surface area (Å²) in [5.41, 5.74) is -1.59. The molecular weight excluding hydrogens is 270 g/mol. The second-order valence-electron chi connectivity index (χ2n) is 3.07. The SMILES string of the molecule is O=C(O)C(F)(F)c1ccc(F)cc1OC(F)(F)F. The minimum atomic E-state index is -5.35. The Morgan fingerprint density at radius 3 is 2.17 bits per heavy atom.